The highest BCUT2D eigenvalue weighted by Crippen LogP contribution is 2.18. The van der Waals surface area contributed by atoms with E-state index in [4.69, 9.17) is 5.26 Å². The molecular weight excluding hydrogens is 260 g/mol. The van der Waals surface area contributed by atoms with E-state index in [-0.39, 0.29) is 0 Å². The number of rotatable bonds is 6. The molecule has 1 aliphatic rings. The molecule has 2 heterocycles. The molecular formula is C17H26N4. The molecule has 0 radical (unpaired) electrons. The summed E-state index contributed by atoms with van der Waals surface area (Å²) >= 11 is 0. The summed E-state index contributed by atoms with van der Waals surface area (Å²) in [4.78, 5) is 6.53. The van der Waals surface area contributed by atoms with Gasteiger partial charge in [-0.2, -0.15) is 5.26 Å². The molecule has 1 aromatic heterocycles. The number of nitrogens with zero attached hydrogens (tertiary/aromatic N) is 3. The van der Waals surface area contributed by atoms with Gasteiger partial charge in [0.15, 0.2) is 0 Å². The number of hydrogen-bond donors (Lipinski definition) is 1. The zero-order valence-corrected chi connectivity index (χ0v) is 13.2. The fraction of sp³-hybridized carbons (Fsp3) is 0.647. The molecule has 1 fully saturated rings. The van der Waals surface area contributed by atoms with Crippen molar-refractivity contribution in [2.24, 2.45) is 11.8 Å². The van der Waals surface area contributed by atoms with Crippen molar-refractivity contribution in [3.8, 4) is 6.07 Å². The first-order valence-corrected chi connectivity index (χ1v) is 7.95. The minimum Gasteiger partial charge on any atom is -0.316 e. The van der Waals surface area contributed by atoms with E-state index in [2.05, 4.69) is 35.1 Å². The van der Waals surface area contributed by atoms with E-state index in [0.717, 1.165) is 38.6 Å². The number of pyridine rings is 1. The molecule has 0 saturated carbocycles. The summed E-state index contributed by atoms with van der Waals surface area (Å²) in [7, 11) is 0. The summed E-state index contributed by atoms with van der Waals surface area (Å²) in [5.74, 6) is 1.46. The van der Waals surface area contributed by atoms with Gasteiger partial charge in [0.05, 0.1) is 0 Å². The molecule has 21 heavy (non-hydrogen) atoms. The van der Waals surface area contributed by atoms with Crippen LogP contribution in [0, 0.1) is 23.2 Å². The summed E-state index contributed by atoms with van der Waals surface area (Å²) in [6.45, 7) is 9.95. The second-order valence-corrected chi connectivity index (χ2v) is 6.46. The van der Waals surface area contributed by atoms with Gasteiger partial charge in [0, 0.05) is 19.3 Å². The molecule has 1 unspecified atom stereocenters. The maximum absolute atomic E-state index is 8.92. The number of aromatic nitrogens is 1. The van der Waals surface area contributed by atoms with Crippen molar-refractivity contribution in [1.29, 1.82) is 5.26 Å². The molecule has 4 heteroatoms. The third-order valence-electron chi connectivity index (χ3n) is 3.93. The molecule has 0 aliphatic carbocycles. The highest BCUT2D eigenvalue weighted by molar-refractivity contribution is 5.25. The molecule has 114 valence electrons. The largest absolute Gasteiger partial charge is 0.316 e. The van der Waals surface area contributed by atoms with Gasteiger partial charge in [-0.25, -0.2) is 4.98 Å². The van der Waals surface area contributed by atoms with Crippen LogP contribution < -0.4 is 5.32 Å². The summed E-state index contributed by atoms with van der Waals surface area (Å²) < 4.78 is 0. The fourth-order valence-corrected chi connectivity index (χ4v) is 2.93. The highest BCUT2D eigenvalue weighted by atomic mass is 15.1. The van der Waals surface area contributed by atoms with Crippen LogP contribution in [-0.2, 0) is 6.54 Å². The van der Waals surface area contributed by atoms with Gasteiger partial charge in [-0.1, -0.05) is 13.8 Å². The van der Waals surface area contributed by atoms with E-state index in [1.165, 1.54) is 18.4 Å². The van der Waals surface area contributed by atoms with Crippen LogP contribution >= 0.6 is 0 Å². The van der Waals surface area contributed by atoms with Crippen LogP contribution in [0.15, 0.2) is 18.3 Å². The van der Waals surface area contributed by atoms with Crippen LogP contribution in [0.2, 0.25) is 0 Å². The van der Waals surface area contributed by atoms with Crippen molar-refractivity contribution < 1.29 is 0 Å². The third kappa shape index (κ3) is 5.45. The summed E-state index contributed by atoms with van der Waals surface area (Å²) in [6, 6.07) is 6.03. The molecule has 4 nitrogen and oxygen atoms in total. The van der Waals surface area contributed by atoms with E-state index in [0.29, 0.717) is 11.6 Å². The molecule has 0 bridgehead atoms. The third-order valence-corrected chi connectivity index (χ3v) is 3.93. The number of likely N-dealkylation sites (tertiary alicyclic amines) is 1. The molecule has 2 rings (SSSR count). The monoisotopic (exact) mass is 286 g/mol. The average Bonchev–Trinajstić information content (AvgIpc) is 2.47. The Balaban J connectivity index is 1.82. The summed E-state index contributed by atoms with van der Waals surface area (Å²) in [6.07, 6.45) is 4.32. The normalized spacial score (nSPS) is 19.6. The zero-order chi connectivity index (χ0) is 15.1. The smallest absolute Gasteiger partial charge is 0.140 e. The van der Waals surface area contributed by atoms with Crippen LogP contribution in [0.4, 0.5) is 0 Å². The van der Waals surface area contributed by atoms with Crippen molar-refractivity contribution in [1.82, 2.24) is 15.2 Å². The second-order valence-electron chi connectivity index (χ2n) is 6.46. The molecule has 1 atom stereocenters. The Morgan fingerprint density at radius 1 is 1.52 bits per heavy atom. The van der Waals surface area contributed by atoms with Crippen molar-refractivity contribution in [3.05, 3.63) is 29.6 Å². The molecule has 1 N–H and O–H groups in total. The van der Waals surface area contributed by atoms with Crippen LogP contribution in [0.3, 0.4) is 0 Å². The Morgan fingerprint density at radius 3 is 3.14 bits per heavy atom. The van der Waals surface area contributed by atoms with Crippen molar-refractivity contribution in [3.63, 3.8) is 0 Å². The Labute approximate surface area is 128 Å². The van der Waals surface area contributed by atoms with E-state index in [9.17, 15) is 0 Å². The predicted octanol–water partition coefficient (Wildman–Crippen LogP) is 2.41. The maximum atomic E-state index is 8.92. The number of nitriles is 1. The van der Waals surface area contributed by atoms with Gasteiger partial charge in [0.1, 0.15) is 11.8 Å². The molecule has 0 amide bonds. The van der Waals surface area contributed by atoms with Gasteiger partial charge in [0.25, 0.3) is 0 Å². The van der Waals surface area contributed by atoms with E-state index in [1.807, 2.05) is 12.1 Å². The first kappa shape index (κ1) is 15.9. The molecule has 0 aromatic carbocycles. The lowest BCUT2D eigenvalue weighted by Crippen LogP contribution is -2.39. The van der Waals surface area contributed by atoms with Gasteiger partial charge in [-0.05, 0) is 62.0 Å². The Bertz CT molecular complexity index is 478. The minimum absolute atomic E-state index is 0.514. The van der Waals surface area contributed by atoms with Gasteiger partial charge in [-0.3, -0.25) is 4.90 Å². The lowest BCUT2D eigenvalue weighted by molar-refractivity contribution is 0.165. The van der Waals surface area contributed by atoms with Gasteiger partial charge in [0.2, 0.25) is 0 Å². The van der Waals surface area contributed by atoms with Crippen LogP contribution in [0.1, 0.15) is 37.9 Å². The van der Waals surface area contributed by atoms with Crippen molar-refractivity contribution >= 4 is 0 Å². The van der Waals surface area contributed by atoms with Crippen LogP contribution in [-0.4, -0.2) is 36.1 Å². The number of hydrogen-bond acceptors (Lipinski definition) is 4. The topological polar surface area (TPSA) is 52.0 Å². The Kier molecular flexibility index (Phi) is 6.16. The summed E-state index contributed by atoms with van der Waals surface area (Å²) in [5.41, 5.74) is 1.71. The Morgan fingerprint density at radius 2 is 2.38 bits per heavy atom. The van der Waals surface area contributed by atoms with Gasteiger partial charge < -0.3 is 5.32 Å². The second kappa shape index (κ2) is 8.11. The lowest BCUT2D eigenvalue weighted by atomic mass is 9.97. The molecule has 1 saturated heterocycles. The molecule has 0 spiro atoms. The van der Waals surface area contributed by atoms with Crippen LogP contribution in [0.5, 0.6) is 0 Å². The first-order chi connectivity index (χ1) is 10.2. The Hall–Kier alpha value is -1.44. The quantitative estimate of drug-likeness (QED) is 0.872. The van der Waals surface area contributed by atoms with E-state index < -0.39 is 0 Å². The standard InChI is InChI=1S/C17H26N4/c1-14(2)10-19-11-16-4-3-7-21(13-16)12-15-5-6-20-17(8-15)9-18/h5-6,8,14,16,19H,3-4,7,10-13H2,1-2H3. The number of piperidine rings is 1. The molecule has 1 aliphatic heterocycles. The lowest BCUT2D eigenvalue weighted by Gasteiger charge is -2.33. The van der Waals surface area contributed by atoms with Crippen molar-refractivity contribution in [2.75, 3.05) is 26.2 Å². The average molecular weight is 286 g/mol. The predicted molar refractivity (Wildman–Crippen MR) is 84.7 cm³/mol. The first-order valence-electron chi connectivity index (χ1n) is 7.95. The number of nitrogens with one attached hydrogen (secondary N) is 1. The van der Waals surface area contributed by atoms with Gasteiger partial charge in [-0.15, -0.1) is 0 Å². The maximum Gasteiger partial charge on any atom is 0.140 e. The zero-order valence-electron chi connectivity index (χ0n) is 13.2. The van der Waals surface area contributed by atoms with E-state index >= 15 is 0 Å². The SMILES string of the molecule is CC(C)CNCC1CCCN(Cc2ccnc(C#N)c2)C1. The molecule has 1 aromatic rings. The van der Waals surface area contributed by atoms with E-state index in [1.54, 1.807) is 6.20 Å². The van der Waals surface area contributed by atoms with Crippen LogP contribution in [0.25, 0.3) is 0 Å². The van der Waals surface area contributed by atoms with Gasteiger partial charge >= 0.3 is 0 Å². The van der Waals surface area contributed by atoms with Crippen molar-refractivity contribution in [2.45, 2.75) is 33.2 Å². The minimum atomic E-state index is 0.514. The summed E-state index contributed by atoms with van der Waals surface area (Å²) in [5, 5.41) is 12.5. The highest BCUT2D eigenvalue weighted by Gasteiger charge is 2.19. The fourth-order valence-electron chi connectivity index (χ4n) is 2.93.